The standard InChI is InChI=1S/C25H21N3O3S/c1-2-14-30-22-11-3-4-12-23(22)31-16-24(29)27-19-9-7-8-18(15-19)21-17-32-25(28-21)20-10-5-6-13-26-20/h2-13,15,17H,1,14,16H2,(H,27,29). The van der Waals surface area contributed by atoms with Crippen molar-refractivity contribution >= 4 is 22.9 Å². The SMILES string of the molecule is C=CCOc1ccccc1OCC(=O)Nc1cccc(-c2csc(-c3ccccn3)n2)c1. The van der Waals surface area contributed by atoms with Gasteiger partial charge in [-0.2, -0.15) is 0 Å². The summed E-state index contributed by atoms with van der Waals surface area (Å²) in [5, 5.41) is 5.69. The number of carbonyl (C=O) groups is 1. The van der Waals surface area contributed by atoms with Gasteiger partial charge in [-0.25, -0.2) is 4.98 Å². The number of pyridine rings is 1. The van der Waals surface area contributed by atoms with Gasteiger partial charge in [-0.1, -0.05) is 43.0 Å². The highest BCUT2D eigenvalue weighted by Crippen LogP contribution is 2.29. The topological polar surface area (TPSA) is 73.3 Å². The highest BCUT2D eigenvalue weighted by molar-refractivity contribution is 7.13. The Kier molecular flexibility index (Phi) is 6.89. The number of nitrogens with one attached hydrogen (secondary N) is 1. The number of para-hydroxylation sites is 2. The van der Waals surface area contributed by atoms with Crippen LogP contribution in [-0.2, 0) is 4.79 Å². The van der Waals surface area contributed by atoms with Crippen LogP contribution in [0.1, 0.15) is 0 Å². The second kappa shape index (κ2) is 10.4. The Morgan fingerprint density at radius 2 is 1.81 bits per heavy atom. The third-order valence-corrected chi connectivity index (χ3v) is 5.26. The van der Waals surface area contributed by atoms with Crippen molar-refractivity contribution in [1.82, 2.24) is 9.97 Å². The van der Waals surface area contributed by atoms with E-state index in [4.69, 9.17) is 9.47 Å². The molecule has 2 aromatic carbocycles. The Balaban J connectivity index is 1.40. The predicted octanol–water partition coefficient (Wildman–Crippen LogP) is 5.45. The molecule has 0 fully saturated rings. The maximum absolute atomic E-state index is 12.4. The van der Waals surface area contributed by atoms with Gasteiger partial charge in [0.1, 0.15) is 11.6 Å². The summed E-state index contributed by atoms with van der Waals surface area (Å²) in [6.07, 6.45) is 3.40. The zero-order valence-electron chi connectivity index (χ0n) is 17.2. The molecular weight excluding hydrogens is 422 g/mol. The zero-order chi connectivity index (χ0) is 22.2. The summed E-state index contributed by atoms with van der Waals surface area (Å²) >= 11 is 1.53. The van der Waals surface area contributed by atoms with Crippen LogP contribution in [-0.4, -0.2) is 29.1 Å². The maximum atomic E-state index is 12.4. The molecule has 4 aromatic rings. The molecule has 0 saturated heterocycles. The molecule has 1 N–H and O–H groups in total. The van der Waals surface area contributed by atoms with Gasteiger partial charge in [0.15, 0.2) is 18.1 Å². The van der Waals surface area contributed by atoms with Crippen LogP contribution in [0, 0.1) is 0 Å². The van der Waals surface area contributed by atoms with E-state index in [9.17, 15) is 4.79 Å². The fraction of sp³-hybridized carbons (Fsp3) is 0.0800. The number of carbonyl (C=O) groups excluding carboxylic acids is 1. The van der Waals surface area contributed by atoms with E-state index in [0.29, 0.717) is 23.8 Å². The summed E-state index contributed by atoms with van der Waals surface area (Å²) in [5.41, 5.74) is 3.24. The number of aromatic nitrogens is 2. The first-order chi connectivity index (χ1) is 15.7. The molecule has 6 nitrogen and oxygen atoms in total. The fourth-order valence-electron chi connectivity index (χ4n) is 2.95. The highest BCUT2D eigenvalue weighted by atomic mass is 32.1. The summed E-state index contributed by atoms with van der Waals surface area (Å²) in [7, 11) is 0. The van der Waals surface area contributed by atoms with Crippen molar-refractivity contribution in [3.05, 3.63) is 91.0 Å². The molecule has 0 spiro atoms. The Morgan fingerprint density at radius 3 is 2.59 bits per heavy atom. The molecule has 4 rings (SSSR count). The van der Waals surface area contributed by atoms with E-state index in [-0.39, 0.29) is 12.5 Å². The van der Waals surface area contributed by atoms with Gasteiger partial charge >= 0.3 is 0 Å². The van der Waals surface area contributed by atoms with Crippen molar-refractivity contribution in [3.8, 4) is 33.5 Å². The average molecular weight is 444 g/mol. The lowest BCUT2D eigenvalue weighted by atomic mass is 10.1. The lowest BCUT2D eigenvalue weighted by molar-refractivity contribution is -0.118. The second-order valence-electron chi connectivity index (χ2n) is 6.72. The van der Waals surface area contributed by atoms with E-state index < -0.39 is 0 Å². The van der Waals surface area contributed by atoms with Crippen molar-refractivity contribution in [2.45, 2.75) is 0 Å². The average Bonchev–Trinajstić information content (AvgIpc) is 3.33. The Hall–Kier alpha value is -3.97. The van der Waals surface area contributed by atoms with E-state index in [2.05, 4.69) is 21.9 Å². The summed E-state index contributed by atoms with van der Waals surface area (Å²) in [6, 6.07) is 20.5. The Morgan fingerprint density at radius 1 is 1.00 bits per heavy atom. The minimum atomic E-state index is -0.270. The van der Waals surface area contributed by atoms with Crippen LogP contribution in [0.2, 0.25) is 0 Å². The van der Waals surface area contributed by atoms with E-state index in [1.807, 2.05) is 60.0 Å². The van der Waals surface area contributed by atoms with Crippen molar-refractivity contribution in [2.75, 3.05) is 18.5 Å². The number of rotatable bonds is 9. The lowest BCUT2D eigenvalue weighted by Crippen LogP contribution is -2.20. The van der Waals surface area contributed by atoms with Crippen LogP contribution in [0.4, 0.5) is 5.69 Å². The van der Waals surface area contributed by atoms with Crippen LogP contribution in [0.15, 0.2) is 91.0 Å². The number of thiazole rings is 1. The zero-order valence-corrected chi connectivity index (χ0v) is 18.0. The number of benzene rings is 2. The number of hydrogen-bond acceptors (Lipinski definition) is 6. The van der Waals surface area contributed by atoms with Gasteiger partial charge in [0, 0.05) is 22.8 Å². The third kappa shape index (κ3) is 5.39. The van der Waals surface area contributed by atoms with Crippen LogP contribution in [0.25, 0.3) is 22.0 Å². The highest BCUT2D eigenvalue weighted by Gasteiger charge is 2.10. The molecule has 0 aliphatic heterocycles. The third-order valence-electron chi connectivity index (χ3n) is 4.39. The van der Waals surface area contributed by atoms with Crippen LogP contribution in [0.5, 0.6) is 11.5 Å². The number of ether oxygens (including phenoxy) is 2. The molecule has 2 heterocycles. The quantitative estimate of drug-likeness (QED) is 0.348. The van der Waals surface area contributed by atoms with Crippen molar-refractivity contribution in [3.63, 3.8) is 0 Å². The van der Waals surface area contributed by atoms with Crippen molar-refractivity contribution in [1.29, 1.82) is 0 Å². The minimum Gasteiger partial charge on any atom is -0.486 e. The smallest absolute Gasteiger partial charge is 0.262 e. The number of nitrogens with zero attached hydrogens (tertiary/aromatic N) is 2. The normalized spacial score (nSPS) is 10.4. The summed E-state index contributed by atoms with van der Waals surface area (Å²) < 4.78 is 11.2. The minimum absolute atomic E-state index is 0.140. The van der Waals surface area contributed by atoms with Gasteiger partial charge in [-0.15, -0.1) is 11.3 Å². The summed E-state index contributed by atoms with van der Waals surface area (Å²) in [4.78, 5) is 21.5. The van der Waals surface area contributed by atoms with Gasteiger partial charge in [-0.3, -0.25) is 9.78 Å². The molecule has 0 bridgehead atoms. The van der Waals surface area contributed by atoms with E-state index >= 15 is 0 Å². The molecule has 32 heavy (non-hydrogen) atoms. The first kappa shape index (κ1) is 21.3. The molecule has 0 atom stereocenters. The molecule has 0 aliphatic rings. The molecule has 0 unspecified atom stereocenters. The van der Waals surface area contributed by atoms with E-state index in [1.54, 1.807) is 24.4 Å². The summed E-state index contributed by atoms with van der Waals surface area (Å²) in [6.45, 7) is 3.85. The van der Waals surface area contributed by atoms with Crippen LogP contribution in [0.3, 0.4) is 0 Å². The van der Waals surface area contributed by atoms with Gasteiger partial charge in [0.25, 0.3) is 5.91 Å². The summed E-state index contributed by atoms with van der Waals surface area (Å²) in [5.74, 6) is 0.797. The molecule has 160 valence electrons. The van der Waals surface area contributed by atoms with Crippen molar-refractivity contribution in [2.24, 2.45) is 0 Å². The molecule has 0 aliphatic carbocycles. The maximum Gasteiger partial charge on any atom is 0.262 e. The van der Waals surface area contributed by atoms with Crippen LogP contribution < -0.4 is 14.8 Å². The Labute approximate surface area is 190 Å². The Bertz CT molecular complexity index is 1210. The van der Waals surface area contributed by atoms with E-state index in [0.717, 1.165) is 22.0 Å². The van der Waals surface area contributed by atoms with Gasteiger partial charge in [0.05, 0.1) is 11.4 Å². The number of anilines is 1. The molecule has 0 radical (unpaired) electrons. The van der Waals surface area contributed by atoms with Crippen molar-refractivity contribution < 1.29 is 14.3 Å². The van der Waals surface area contributed by atoms with Gasteiger partial charge < -0.3 is 14.8 Å². The number of amides is 1. The largest absolute Gasteiger partial charge is 0.486 e. The van der Waals surface area contributed by atoms with Gasteiger partial charge in [-0.05, 0) is 36.4 Å². The predicted molar refractivity (Wildman–Crippen MR) is 127 cm³/mol. The molecule has 2 aromatic heterocycles. The fourth-order valence-corrected chi connectivity index (χ4v) is 3.75. The monoisotopic (exact) mass is 443 g/mol. The number of hydrogen-bond donors (Lipinski definition) is 1. The molecular formula is C25H21N3O3S. The first-order valence-corrected chi connectivity index (χ1v) is 10.8. The van der Waals surface area contributed by atoms with Crippen LogP contribution >= 0.6 is 11.3 Å². The van der Waals surface area contributed by atoms with E-state index in [1.165, 1.54) is 11.3 Å². The molecule has 1 amide bonds. The molecule has 7 heteroatoms. The molecule has 0 saturated carbocycles. The second-order valence-corrected chi connectivity index (χ2v) is 7.58. The van der Waals surface area contributed by atoms with Gasteiger partial charge in [0.2, 0.25) is 0 Å². The lowest BCUT2D eigenvalue weighted by Gasteiger charge is -2.12. The first-order valence-electron chi connectivity index (χ1n) is 9.95.